The lowest BCUT2D eigenvalue weighted by Crippen LogP contribution is -2.09. The molecule has 0 N–H and O–H groups in total. The first kappa shape index (κ1) is 12.7. The summed E-state index contributed by atoms with van der Waals surface area (Å²) in [6.07, 6.45) is 1.82. The highest BCUT2D eigenvalue weighted by molar-refractivity contribution is 7.99. The zero-order chi connectivity index (χ0) is 14.1. The number of fused-ring (bicyclic) bond motifs is 2. The molecule has 2 heterocycles. The summed E-state index contributed by atoms with van der Waals surface area (Å²) in [6.45, 7) is 0.725. The molecule has 21 heavy (non-hydrogen) atoms. The fraction of sp³-hybridized carbons (Fsp3) is 0.167. The van der Waals surface area contributed by atoms with E-state index in [1.165, 1.54) is 10.5 Å². The third kappa shape index (κ3) is 2.49. The zero-order valence-electron chi connectivity index (χ0n) is 11.5. The quantitative estimate of drug-likeness (QED) is 0.709. The van der Waals surface area contributed by atoms with Crippen LogP contribution in [0.4, 0.5) is 0 Å². The minimum atomic E-state index is 0.477. The summed E-state index contributed by atoms with van der Waals surface area (Å²) in [4.78, 5) is 5.77. The van der Waals surface area contributed by atoms with E-state index < -0.39 is 0 Å². The normalized spacial score (nSPS) is 16.9. The number of hydrogen-bond acceptors (Lipinski definition) is 3. The van der Waals surface area contributed by atoms with Crippen LogP contribution in [0.25, 0.3) is 10.9 Å². The first-order valence-corrected chi connectivity index (χ1v) is 8.08. The van der Waals surface area contributed by atoms with E-state index in [1.807, 2.05) is 36.2 Å². The maximum absolute atomic E-state index is 6.00. The SMILES string of the molecule is c1ccc2c(c1)SCC2COc1ccc2cccnc2c1. The average Bonchev–Trinajstić information content (AvgIpc) is 2.96. The molecule has 1 aliphatic heterocycles. The standard InChI is InChI=1S/C18H15NOS/c1-2-6-18-16(5-1)14(12-21-18)11-20-15-8-7-13-4-3-9-19-17(13)10-15/h1-10,14H,11-12H2. The molecule has 0 aliphatic carbocycles. The number of ether oxygens (including phenoxy) is 1. The highest BCUT2D eigenvalue weighted by Crippen LogP contribution is 2.39. The molecule has 0 bridgehead atoms. The molecule has 104 valence electrons. The minimum Gasteiger partial charge on any atom is -0.493 e. The highest BCUT2D eigenvalue weighted by atomic mass is 32.2. The van der Waals surface area contributed by atoms with Gasteiger partial charge < -0.3 is 4.74 Å². The molecule has 1 aliphatic rings. The van der Waals surface area contributed by atoms with E-state index in [9.17, 15) is 0 Å². The Kier molecular flexibility index (Phi) is 3.28. The Morgan fingerprint density at radius 2 is 2.05 bits per heavy atom. The predicted octanol–water partition coefficient (Wildman–Crippen LogP) is 4.50. The molecule has 0 saturated heterocycles. The van der Waals surface area contributed by atoms with Crippen LogP contribution in [-0.2, 0) is 0 Å². The largest absolute Gasteiger partial charge is 0.493 e. The lowest BCUT2D eigenvalue weighted by atomic mass is 10.0. The van der Waals surface area contributed by atoms with Gasteiger partial charge in [0.15, 0.2) is 0 Å². The van der Waals surface area contributed by atoms with Gasteiger partial charge in [0.05, 0.1) is 12.1 Å². The Hall–Kier alpha value is -2.00. The van der Waals surface area contributed by atoms with E-state index in [4.69, 9.17) is 4.74 Å². The molecule has 2 nitrogen and oxygen atoms in total. The van der Waals surface area contributed by atoms with Crippen molar-refractivity contribution in [2.45, 2.75) is 10.8 Å². The topological polar surface area (TPSA) is 22.1 Å². The van der Waals surface area contributed by atoms with Crippen molar-refractivity contribution in [2.75, 3.05) is 12.4 Å². The molecule has 0 amide bonds. The van der Waals surface area contributed by atoms with Gasteiger partial charge >= 0.3 is 0 Å². The summed E-state index contributed by atoms with van der Waals surface area (Å²) >= 11 is 1.92. The van der Waals surface area contributed by atoms with Crippen molar-refractivity contribution in [3.63, 3.8) is 0 Å². The fourth-order valence-electron chi connectivity index (χ4n) is 2.70. The summed E-state index contributed by atoms with van der Waals surface area (Å²) in [5.41, 5.74) is 2.40. The number of thioether (sulfide) groups is 1. The van der Waals surface area contributed by atoms with Crippen molar-refractivity contribution in [1.29, 1.82) is 0 Å². The van der Waals surface area contributed by atoms with Crippen LogP contribution in [0.3, 0.4) is 0 Å². The van der Waals surface area contributed by atoms with E-state index in [-0.39, 0.29) is 0 Å². The smallest absolute Gasteiger partial charge is 0.121 e. The maximum Gasteiger partial charge on any atom is 0.121 e. The van der Waals surface area contributed by atoms with Gasteiger partial charge in [-0.05, 0) is 29.8 Å². The number of benzene rings is 2. The van der Waals surface area contributed by atoms with Crippen LogP contribution >= 0.6 is 11.8 Å². The fourth-order valence-corrected chi connectivity index (χ4v) is 3.93. The first-order valence-electron chi connectivity index (χ1n) is 7.09. The van der Waals surface area contributed by atoms with Crippen molar-refractivity contribution in [2.24, 2.45) is 0 Å². The molecule has 2 aromatic carbocycles. The molecule has 0 saturated carbocycles. The molecule has 1 atom stereocenters. The van der Waals surface area contributed by atoms with Crippen molar-refractivity contribution >= 4 is 22.7 Å². The first-order chi connectivity index (χ1) is 10.4. The van der Waals surface area contributed by atoms with Crippen LogP contribution in [0.5, 0.6) is 5.75 Å². The van der Waals surface area contributed by atoms with Crippen LogP contribution in [0.2, 0.25) is 0 Å². The van der Waals surface area contributed by atoms with E-state index in [1.54, 1.807) is 0 Å². The number of hydrogen-bond donors (Lipinski definition) is 0. The van der Waals surface area contributed by atoms with Gasteiger partial charge in [-0.2, -0.15) is 0 Å². The molecule has 0 spiro atoms. The summed E-state index contributed by atoms with van der Waals surface area (Å²) in [5, 5.41) is 1.15. The second-order valence-corrected chi connectivity index (χ2v) is 6.28. The van der Waals surface area contributed by atoms with Gasteiger partial charge in [0.1, 0.15) is 5.75 Å². The van der Waals surface area contributed by atoms with Gasteiger partial charge in [0.2, 0.25) is 0 Å². The van der Waals surface area contributed by atoms with Gasteiger partial charge in [0.25, 0.3) is 0 Å². The van der Waals surface area contributed by atoms with Crippen molar-refractivity contribution in [1.82, 2.24) is 4.98 Å². The molecule has 4 rings (SSSR count). The monoisotopic (exact) mass is 293 g/mol. The molecule has 1 unspecified atom stereocenters. The van der Waals surface area contributed by atoms with Crippen molar-refractivity contribution in [3.05, 3.63) is 66.4 Å². The Morgan fingerprint density at radius 3 is 3.05 bits per heavy atom. The van der Waals surface area contributed by atoms with Crippen LogP contribution in [0, 0.1) is 0 Å². The van der Waals surface area contributed by atoms with E-state index in [2.05, 4.69) is 41.4 Å². The van der Waals surface area contributed by atoms with Gasteiger partial charge in [0, 0.05) is 34.2 Å². The Labute approximate surface area is 128 Å². The Morgan fingerprint density at radius 1 is 1.10 bits per heavy atom. The van der Waals surface area contributed by atoms with Crippen LogP contribution < -0.4 is 4.74 Å². The second-order valence-electron chi connectivity index (χ2n) is 5.21. The number of nitrogens with zero attached hydrogens (tertiary/aromatic N) is 1. The van der Waals surface area contributed by atoms with Gasteiger partial charge in [-0.1, -0.05) is 24.3 Å². The van der Waals surface area contributed by atoms with E-state index in [0.29, 0.717) is 5.92 Å². The molecule has 3 heteroatoms. The maximum atomic E-state index is 6.00. The molecule has 1 aromatic heterocycles. The minimum absolute atomic E-state index is 0.477. The summed E-state index contributed by atoms with van der Waals surface area (Å²) in [7, 11) is 0. The number of aromatic nitrogens is 1. The predicted molar refractivity (Wildman–Crippen MR) is 87.1 cm³/mol. The second kappa shape index (κ2) is 5.41. The summed E-state index contributed by atoms with van der Waals surface area (Å²) in [6, 6.07) is 18.7. The Bertz CT molecular complexity index is 787. The van der Waals surface area contributed by atoms with Gasteiger partial charge in [-0.25, -0.2) is 0 Å². The summed E-state index contributed by atoms with van der Waals surface area (Å²) < 4.78 is 6.00. The third-order valence-corrected chi connectivity index (χ3v) is 5.08. The number of pyridine rings is 1. The van der Waals surface area contributed by atoms with E-state index in [0.717, 1.165) is 29.0 Å². The molecular weight excluding hydrogens is 278 g/mol. The molecule has 0 radical (unpaired) electrons. The average molecular weight is 293 g/mol. The lowest BCUT2D eigenvalue weighted by molar-refractivity contribution is 0.298. The number of rotatable bonds is 3. The lowest BCUT2D eigenvalue weighted by Gasteiger charge is -2.13. The van der Waals surface area contributed by atoms with Crippen molar-refractivity contribution in [3.8, 4) is 5.75 Å². The molecular formula is C18H15NOS. The van der Waals surface area contributed by atoms with E-state index >= 15 is 0 Å². The Balaban J connectivity index is 1.51. The van der Waals surface area contributed by atoms with Gasteiger partial charge in [-0.3, -0.25) is 4.98 Å². The van der Waals surface area contributed by atoms with Crippen LogP contribution in [0.15, 0.2) is 65.7 Å². The summed E-state index contributed by atoms with van der Waals surface area (Å²) in [5.74, 6) is 2.48. The van der Waals surface area contributed by atoms with Crippen LogP contribution in [0.1, 0.15) is 11.5 Å². The van der Waals surface area contributed by atoms with Crippen molar-refractivity contribution < 1.29 is 4.74 Å². The zero-order valence-corrected chi connectivity index (χ0v) is 12.3. The highest BCUT2D eigenvalue weighted by Gasteiger charge is 2.23. The molecule has 3 aromatic rings. The molecule has 0 fully saturated rings. The third-order valence-electron chi connectivity index (χ3n) is 3.83. The van der Waals surface area contributed by atoms with Crippen LogP contribution in [-0.4, -0.2) is 17.3 Å². The van der Waals surface area contributed by atoms with Gasteiger partial charge in [-0.15, -0.1) is 11.8 Å².